The molecule has 1 aliphatic rings. The molecule has 0 bridgehead atoms. The molecule has 0 spiro atoms. The third kappa shape index (κ3) is 5.65. The number of hydrogen-bond donors (Lipinski definition) is 0. The molecule has 0 aliphatic carbocycles. The van der Waals surface area contributed by atoms with Crippen molar-refractivity contribution in [3.05, 3.63) is 42.5 Å². The van der Waals surface area contributed by atoms with Gasteiger partial charge in [-0.15, -0.1) is 0 Å². The molecule has 0 fully saturated rings. The Labute approximate surface area is 121 Å². The van der Waals surface area contributed by atoms with E-state index in [1.54, 1.807) is 6.61 Å². The standard InChI is InChI=1S/C9H7O.CHF3O3S.Pd/c1-2-6-9-8(4-1)5-3-7-10-9;2-1(3,4)8(5,6)7;/h1-7H;(H,5,6,7);/q-1;;+2/p-1. The Kier molecular flexibility index (Phi) is 6.59. The summed E-state index contributed by atoms with van der Waals surface area (Å²) in [6, 6.07) is 7.94. The molecule has 0 amide bonds. The van der Waals surface area contributed by atoms with Gasteiger partial charge in [0.15, 0.2) is 10.1 Å². The molecule has 0 saturated carbocycles. The van der Waals surface area contributed by atoms with Crippen LogP contribution in [0.25, 0.3) is 6.08 Å². The van der Waals surface area contributed by atoms with Gasteiger partial charge in [0.05, 0.1) is 5.75 Å². The van der Waals surface area contributed by atoms with Crippen LogP contribution in [-0.2, 0) is 30.5 Å². The maximum absolute atomic E-state index is 10.7. The monoisotopic (exact) mass is 386 g/mol. The quantitative estimate of drug-likeness (QED) is 0.297. The molecule has 1 aliphatic heterocycles. The van der Waals surface area contributed by atoms with Gasteiger partial charge in [-0.3, -0.25) is 0 Å². The molecular formula is C10H7F3O4PdS. The average molecular weight is 387 g/mol. The van der Waals surface area contributed by atoms with Crippen LogP contribution in [-0.4, -0.2) is 18.5 Å². The molecule has 1 aromatic carbocycles. The van der Waals surface area contributed by atoms with Gasteiger partial charge in [0.1, 0.15) is 0 Å². The van der Waals surface area contributed by atoms with E-state index in [4.69, 9.17) is 17.7 Å². The number of fused-ring (bicyclic) bond motifs is 1. The summed E-state index contributed by atoms with van der Waals surface area (Å²) in [5.41, 5.74) is -4.50. The summed E-state index contributed by atoms with van der Waals surface area (Å²) < 4.78 is 64.1. The molecule has 0 saturated heterocycles. The van der Waals surface area contributed by atoms with E-state index in [0.29, 0.717) is 0 Å². The van der Waals surface area contributed by atoms with Gasteiger partial charge in [-0.25, -0.2) is 8.42 Å². The summed E-state index contributed by atoms with van der Waals surface area (Å²) in [4.78, 5) is 0. The van der Waals surface area contributed by atoms with Crippen LogP contribution in [0.15, 0.2) is 30.3 Å². The van der Waals surface area contributed by atoms with Crippen molar-refractivity contribution in [1.82, 2.24) is 0 Å². The predicted molar refractivity (Wildman–Crippen MR) is 56.2 cm³/mol. The van der Waals surface area contributed by atoms with Crippen LogP contribution in [0.2, 0.25) is 0 Å². The molecular weight excluding hydrogens is 380 g/mol. The van der Waals surface area contributed by atoms with E-state index in [0.717, 1.165) is 11.3 Å². The molecule has 0 N–H and O–H groups in total. The van der Waals surface area contributed by atoms with Crippen molar-refractivity contribution in [2.24, 2.45) is 0 Å². The minimum atomic E-state index is -6.09. The first-order valence-electron chi connectivity index (χ1n) is 4.49. The Morgan fingerprint density at radius 3 is 2.21 bits per heavy atom. The van der Waals surface area contributed by atoms with Crippen LogP contribution in [0.3, 0.4) is 0 Å². The average Bonchev–Trinajstić information content (AvgIpc) is 2.27. The number of para-hydroxylation sites is 1. The minimum absolute atomic E-state index is 0. The Morgan fingerprint density at radius 2 is 1.74 bits per heavy atom. The molecule has 1 aromatic rings. The van der Waals surface area contributed by atoms with Crippen LogP contribution < -0.4 is 4.74 Å². The molecule has 19 heavy (non-hydrogen) atoms. The molecule has 0 radical (unpaired) electrons. The fourth-order valence-electron chi connectivity index (χ4n) is 0.981. The first-order chi connectivity index (χ1) is 8.22. The normalized spacial score (nSPS) is 12.8. The second kappa shape index (κ2) is 6.96. The zero-order chi connectivity index (χ0) is 13.8. The smallest absolute Gasteiger partial charge is 0.741 e. The topological polar surface area (TPSA) is 66.4 Å². The van der Waals surface area contributed by atoms with Crippen LogP contribution in [0.5, 0.6) is 5.75 Å². The first kappa shape index (κ1) is 18.0. The van der Waals surface area contributed by atoms with Crippen LogP contribution in [0, 0.1) is 6.61 Å². The summed E-state index contributed by atoms with van der Waals surface area (Å²) in [7, 11) is -6.09. The van der Waals surface area contributed by atoms with Crippen molar-refractivity contribution in [2.45, 2.75) is 5.51 Å². The fraction of sp³-hybridized carbons (Fsp3) is 0.100. The molecule has 9 heteroatoms. The van der Waals surface area contributed by atoms with Crippen molar-refractivity contribution >= 4 is 16.2 Å². The predicted octanol–water partition coefficient (Wildman–Crippen LogP) is 2.30. The Balaban J connectivity index is 0.000000335. The number of ether oxygens (including phenoxy) is 1. The van der Waals surface area contributed by atoms with Crippen molar-refractivity contribution in [2.75, 3.05) is 0 Å². The van der Waals surface area contributed by atoms with Gasteiger partial charge >= 0.3 is 25.9 Å². The molecule has 0 unspecified atom stereocenters. The fourth-order valence-corrected chi connectivity index (χ4v) is 0.981. The van der Waals surface area contributed by atoms with Crippen molar-refractivity contribution in [3.8, 4) is 5.75 Å². The van der Waals surface area contributed by atoms with E-state index in [1.807, 2.05) is 36.4 Å². The summed E-state index contributed by atoms with van der Waals surface area (Å²) in [5.74, 6) is 0.935. The zero-order valence-electron chi connectivity index (χ0n) is 9.03. The first-order valence-corrected chi connectivity index (χ1v) is 5.90. The number of alkyl halides is 3. The van der Waals surface area contributed by atoms with Gasteiger partial charge in [0.2, 0.25) is 0 Å². The van der Waals surface area contributed by atoms with E-state index in [-0.39, 0.29) is 20.4 Å². The van der Waals surface area contributed by atoms with Gasteiger partial charge in [0, 0.05) is 0 Å². The molecule has 0 aromatic heterocycles. The maximum Gasteiger partial charge on any atom is 2.00 e. The van der Waals surface area contributed by atoms with E-state index in [9.17, 15) is 13.2 Å². The van der Waals surface area contributed by atoms with Gasteiger partial charge in [-0.2, -0.15) is 25.3 Å². The van der Waals surface area contributed by atoms with E-state index < -0.39 is 15.6 Å². The van der Waals surface area contributed by atoms with Crippen LogP contribution in [0.1, 0.15) is 5.56 Å². The molecule has 4 nitrogen and oxygen atoms in total. The molecule has 108 valence electrons. The molecule has 0 atom stereocenters. The number of hydrogen-bond acceptors (Lipinski definition) is 4. The van der Waals surface area contributed by atoms with Crippen LogP contribution in [0.4, 0.5) is 13.2 Å². The van der Waals surface area contributed by atoms with Gasteiger partial charge in [0.25, 0.3) is 0 Å². The van der Waals surface area contributed by atoms with Crippen LogP contribution >= 0.6 is 0 Å². The Morgan fingerprint density at radius 1 is 1.21 bits per heavy atom. The number of benzene rings is 1. The summed E-state index contributed by atoms with van der Waals surface area (Å²) in [6.07, 6.45) is 3.92. The Hall–Kier alpha value is -1.01. The largest absolute Gasteiger partial charge is 2.00 e. The van der Waals surface area contributed by atoms with Gasteiger partial charge < -0.3 is 9.29 Å². The SMILES string of the molecule is C1=Cc2ccccc2O[CH-]1.O=S(=O)([O-])C(F)(F)F.[Pd+2]. The second-order valence-corrected chi connectivity index (χ2v) is 4.42. The molecule has 1 heterocycles. The maximum atomic E-state index is 10.7. The molecule has 2 rings (SSSR count). The zero-order valence-corrected chi connectivity index (χ0v) is 11.4. The minimum Gasteiger partial charge on any atom is -0.741 e. The van der Waals surface area contributed by atoms with Crippen molar-refractivity contribution < 1.29 is 51.3 Å². The number of rotatable bonds is 0. The third-order valence-corrected chi connectivity index (χ3v) is 2.32. The van der Waals surface area contributed by atoms with E-state index in [1.165, 1.54) is 0 Å². The summed E-state index contributed by atoms with van der Waals surface area (Å²) in [5, 5.41) is 0. The van der Waals surface area contributed by atoms with Gasteiger partial charge in [-0.1, -0.05) is 30.4 Å². The van der Waals surface area contributed by atoms with E-state index >= 15 is 0 Å². The van der Waals surface area contributed by atoms with Crippen molar-refractivity contribution in [1.29, 1.82) is 0 Å². The Bertz CT molecular complexity index is 540. The van der Waals surface area contributed by atoms with Crippen molar-refractivity contribution in [3.63, 3.8) is 0 Å². The van der Waals surface area contributed by atoms with E-state index in [2.05, 4.69) is 0 Å². The van der Waals surface area contributed by atoms with Gasteiger partial charge in [-0.05, 0) is 6.07 Å². The third-order valence-electron chi connectivity index (χ3n) is 1.75. The summed E-state index contributed by atoms with van der Waals surface area (Å²) in [6.45, 7) is 1.68. The number of halogens is 3. The summed E-state index contributed by atoms with van der Waals surface area (Å²) >= 11 is 0. The second-order valence-electron chi connectivity index (χ2n) is 3.05.